The van der Waals surface area contributed by atoms with Gasteiger partial charge in [0.2, 0.25) is 0 Å². The molecule has 2 fully saturated rings. The Morgan fingerprint density at radius 3 is 1.71 bits per heavy atom. The number of ether oxygens (including phenoxy) is 2. The van der Waals surface area contributed by atoms with Crippen molar-refractivity contribution >= 4 is 18.2 Å². The zero-order valence-electron chi connectivity index (χ0n) is 36.1. The molecule has 59 heavy (non-hydrogen) atoms. The van der Waals surface area contributed by atoms with Crippen LogP contribution in [0.1, 0.15) is 62.5 Å². The van der Waals surface area contributed by atoms with E-state index in [0.717, 1.165) is 36.7 Å². The molecule has 2 aliphatic rings. The molecule has 0 spiro atoms. The average molecular weight is 835 g/mol. The van der Waals surface area contributed by atoms with E-state index in [-0.39, 0.29) is 42.8 Å². The zero-order valence-corrected chi connectivity index (χ0v) is 36.1. The van der Waals surface area contributed by atoms with Gasteiger partial charge in [0.1, 0.15) is 30.0 Å². The zero-order chi connectivity index (χ0) is 43.6. The molecule has 2 aromatic carbocycles. The van der Waals surface area contributed by atoms with Crippen LogP contribution in [0.5, 0.6) is 0 Å². The summed E-state index contributed by atoms with van der Waals surface area (Å²) in [6.07, 6.45) is 11.9. The maximum atomic E-state index is 13.2. The second-order valence-electron chi connectivity index (χ2n) is 15.4. The van der Waals surface area contributed by atoms with Gasteiger partial charge in [-0.1, -0.05) is 49.9 Å². The average Bonchev–Trinajstić information content (AvgIpc) is 3.27. The van der Waals surface area contributed by atoms with Crippen LogP contribution in [0.3, 0.4) is 0 Å². The van der Waals surface area contributed by atoms with Crippen LogP contribution < -0.4 is 26.6 Å². The minimum atomic E-state index is -0.732. The summed E-state index contributed by atoms with van der Waals surface area (Å²) in [7, 11) is 10.3. The van der Waals surface area contributed by atoms with E-state index in [1.165, 1.54) is 70.6 Å². The molecule has 2 aliphatic carbocycles. The molecule has 2 aromatic rings. The Morgan fingerprint density at radius 2 is 1.25 bits per heavy atom. The number of aliphatic hydroxyl groups is 2. The highest BCUT2D eigenvalue weighted by atomic mass is 19.1. The number of aldehydes is 1. The maximum Gasteiger partial charge on any atom is 0.325 e. The molecule has 8 atom stereocenters. The number of carbonyl (C=O) groups is 3. The summed E-state index contributed by atoms with van der Waals surface area (Å²) in [5.74, 6) is -0.739. The van der Waals surface area contributed by atoms with Crippen molar-refractivity contribution in [2.24, 2.45) is 11.8 Å². The van der Waals surface area contributed by atoms with Crippen molar-refractivity contribution in [3.8, 4) is 0 Å². The third-order valence-electron chi connectivity index (χ3n) is 11.5. The SMILES string of the molecule is CN[C@@H](Cc1ccc(F)cc1)CN(C[C@@H]1CCCC[C@H]1NC)[C@@H](CO)C(=O)OC.CN[C@@H]1CCCC[C@H]1C=O.CN[C@H](CN[C@@H](CO)C(=O)OC)Cc1ccc(F)cc1. The second kappa shape index (κ2) is 29.8. The highest BCUT2D eigenvalue weighted by molar-refractivity contribution is 5.76. The van der Waals surface area contributed by atoms with Crippen molar-refractivity contribution in [2.75, 3.05) is 75.3 Å². The lowest BCUT2D eigenvalue weighted by atomic mass is 9.84. The molecule has 4 rings (SSSR count). The molecule has 0 unspecified atom stereocenters. The minimum Gasteiger partial charge on any atom is -0.468 e. The van der Waals surface area contributed by atoms with Gasteiger partial charge >= 0.3 is 11.9 Å². The summed E-state index contributed by atoms with van der Waals surface area (Å²) >= 11 is 0. The summed E-state index contributed by atoms with van der Waals surface area (Å²) in [5.41, 5.74) is 2.02. The van der Waals surface area contributed by atoms with E-state index < -0.39 is 24.0 Å². The first-order valence-corrected chi connectivity index (χ1v) is 21.0. The number of hydrogen-bond donors (Lipinski definition) is 7. The number of aliphatic hydroxyl groups excluding tert-OH is 2. The van der Waals surface area contributed by atoms with E-state index >= 15 is 0 Å². The van der Waals surface area contributed by atoms with Crippen molar-refractivity contribution in [1.82, 2.24) is 31.5 Å². The van der Waals surface area contributed by atoms with E-state index in [2.05, 4.69) is 36.2 Å². The Kier molecular flexibility index (Phi) is 26.1. The summed E-state index contributed by atoms with van der Waals surface area (Å²) in [5, 5.41) is 35.0. The standard InChI is InChI=1S/C22H36FN3O3.C14H21FN2O3.C8H15NO/c1-24-19(12-16-8-10-18(23)11-9-16)14-26(21(15-27)22(28)29-3)13-17-6-4-5-7-20(17)25-2;1-16-12(7-10-3-5-11(15)6-4-10)8-17-13(9-18)14(19)20-2;1-9-8-5-3-2-4-7(8)6-10/h8-11,17,19-21,24-25,27H,4-7,12-15H2,1-3H3;3-6,12-13,16-18H,7-9H2,1-2H3;6-9H,2-5H2,1H3/t17-,19-,20+,21-;12-,13-;7-,8+/m000/s1. The summed E-state index contributed by atoms with van der Waals surface area (Å²) in [6.45, 7) is 1.18. The largest absolute Gasteiger partial charge is 0.468 e. The Bertz CT molecular complexity index is 1440. The van der Waals surface area contributed by atoms with Gasteiger partial charge in [0.25, 0.3) is 0 Å². The fourth-order valence-corrected chi connectivity index (χ4v) is 7.87. The van der Waals surface area contributed by atoms with E-state index in [4.69, 9.17) is 9.84 Å². The summed E-state index contributed by atoms with van der Waals surface area (Å²) < 4.78 is 35.6. The normalized spacial score (nSPS) is 21.1. The molecular weight excluding hydrogens is 763 g/mol. The van der Waals surface area contributed by atoms with Gasteiger partial charge in [-0.25, -0.2) is 8.78 Å². The van der Waals surface area contributed by atoms with Gasteiger partial charge in [0, 0.05) is 49.7 Å². The second-order valence-corrected chi connectivity index (χ2v) is 15.4. The molecule has 0 aromatic heterocycles. The highest BCUT2D eigenvalue weighted by Crippen LogP contribution is 2.26. The van der Waals surface area contributed by atoms with Crippen LogP contribution in [-0.4, -0.2) is 145 Å². The number of nitrogens with one attached hydrogen (secondary N) is 5. The van der Waals surface area contributed by atoms with Gasteiger partial charge in [-0.05, 0) is 108 Å². The van der Waals surface area contributed by atoms with Gasteiger partial charge in [-0.2, -0.15) is 0 Å². The molecule has 0 bridgehead atoms. The fraction of sp³-hybridized carbons (Fsp3) is 0.659. The first-order chi connectivity index (χ1) is 28.5. The van der Waals surface area contributed by atoms with Crippen LogP contribution >= 0.6 is 0 Å². The lowest BCUT2D eigenvalue weighted by Gasteiger charge is -2.39. The number of nitrogens with zero attached hydrogens (tertiary/aromatic N) is 1. The Hall–Kier alpha value is -3.41. The third-order valence-corrected chi connectivity index (χ3v) is 11.5. The lowest BCUT2D eigenvalue weighted by molar-refractivity contribution is -0.149. The number of halogens is 2. The fourth-order valence-electron chi connectivity index (χ4n) is 7.87. The number of carbonyl (C=O) groups excluding carboxylic acids is 3. The molecule has 0 heterocycles. The van der Waals surface area contributed by atoms with E-state index in [1.807, 2.05) is 28.2 Å². The van der Waals surface area contributed by atoms with Crippen LogP contribution in [0.4, 0.5) is 8.78 Å². The van der Waals surface area contributed by atoms with E-state index in [0.29, 0.717) is 50.5 Å². The monoisotopic (exact) mass is 835 g/mol. The molecule has 13 nitrogen and oxygen atoms in total. The van der Waals surface area contributed by atoms with Crippen molar-refractivity contribution in [2.45, 2.75) is 100 Å². The highest BCUT2D eigenvalue weighted by Gasteiger charge is 2.33. The van der Waals surface area contributed by atoms with Crippen molar-refractivity contribution in [3.63, 3.8) is 0 Å². The van der Waals surface area contributed by atoms with Crippen molar-refractivity contribution < 1.29 is 42.9 Å². The number of esters is 2. The van der Waals surface area contributed by atoms with Crippen LogP contribution in [0.2, 0.25) is 0 Å². The molecule has 0 saturated heterocycles. The predicted octanol–water partition coefficient (Wildman–Crippen LogP) is 2.61. The molecule has 0 aliphatic heterocycles. The molecule has 0 amide bonds. The predicted molar refractivity (Wildman–Crippen MR) is 227 cm³/mol. The Labute approximate surface area is 350 Å². The van der Waals surface area contributed by atoms with Gasteiger partial charge in [-0.15, -0.1) is 0 Å². The molecule has 7 N–H and O–H groups in total. The number of methoxy groups -OCH3 is 2. The van der Waals surface area contributed by atoms with Crippen molar-refractivity contribution in [1.29, 1.82) is 0 Å². The molecular formula is C44H72F2N6O7. The Morgan fingerprint density at radius 1 is 0.746 bits per heavy atom. The van der Waals surface area contributed by atoms with Gasteiger partial charge < -0.3 is 51.1 Å². The van der Waals surface area contributed by atoms with Crippen LogP contribution in [0, 0.1) is 23.5 Å². The third kappa shape index (κ3) is 18.8. The molecule has 2 saturated carbocycles. The van der Waals surface area contributed by atoms with E-state index in [1.54, 1.807) is 24.3 Å². The van der Waals surface area contributed by atoms with Crippen molar-refractivity contribution in [3.05, 3.63) is 71.3 Å². The molecule has 15 heteroatoms. The van der Waals surface area contributed by atoms with Gasteiger partial charge in [0.05, 0.1) is 27.4 Å². The summed E-state index contributed by atoms with van der Waals surface area (Å²) in [6, 6.07) is 12.3. The molecule has 334 valence electrons. The minimum absolute atomic E-state index is 0.0517. The van der Waals surface area contributed by atoms with E-state index in [9.17, 15) is 28.3 Å². The smallest absolute Gasteiger partial charge is 0.325 e. The first kappa shape index (κ1) is 51.7. The number of hydrogen-bond acceptors (Lipinski definition) is 13. The Balaban J connectivity index is 0.000000343. The number of rotatable bonds is 21. The van der Waals surface area contributed by atoms with Gasteiger partial charge in [0.15, 0.2) is 0 Å². The van der Waals surface area contributed by atoms with Crippen LogP contribution in [-0.2, 0) is 36.7 Å². The summed E-state index contributed by atoms with van der Waals surface area (Å²) in [4.78, 5) is 36.2. The number of benzene rings is 2. The topological polar surface area (TPSA) is 174 Å². The first-order valence-electron chi connectivity index (χ1n) is 21.0. The van der Waals surface area contributed by atoms with Crippen LogP contribution in [0.25, 0.3) is 0 Å². The van der Waals surface area contributed by atoms with Crippen LogP contribution in [0.15, 0.2) is 48.5 Å². The molecule has 0 radical (unpaired) electrons. The maximum absolute atomic E-state index is 13.2. The van der Waals surface area contributed by atoms with Gasteiger partial charge in [-0.3, -0.25) is 14.5 Å². The lowest BCUT2D eigenvalue weighted by Crippen LogP contribution is -2.54. The quantitative estimate of drug-likeness (QED) is 0.0724. The number of likely N-dealkylation sites (N-methyl/N-ethyl adjacent to an activating group) is 2.